The van der Waals surface area contributed by atoms with Crippen molar-refractivity contribution in [1.82, 2.24) is 5.32 Å². The van der Waals surface area contributed by atoms with Gasteiger partial charge in [-0.2, -0.15) is 0 Å². The molecule has 0 heterocycles. The molecular weight excluding hydrogens is 440 g/mol. The molecule has 2 rings (SSSR count). The Balaban J connectivity index is 2.80. The predicted molar refractivity (Wildman–Crippen MR) is 149 cm³/mol. The molecule has 2 nitrogen and oxygen atoms in total. The van der Waals surface area contributed by atoms with Crippen LogP contribution >= 0.6 is 8.58 Å². The van der Waals surface area contributed by atoms with Crippen LogP contribution in [0.2, 0.25) is 0 Å². The molecule has 0 fully saturated rings. The van der Waals surface area contributed by atoms with E-state index in [9.17, 15) is 9.50 Å². The standard InChI is InChI=1S/C30H47FNOP/c1-10-12-13-16-30(11-2,34-26-15-14-23(31)17-21(26)20-32-9)25-19-22(28(3,4)5)18-24(27(25)33)29(6,7)8/h14-15,17-19,32-34H,10-13,16,20H2,1-9H3. The number of aromatic hydroxyl groups is 1. The number of unbranched alkanes of at least 4 members (excludes halogenated alkanes) is 2. The fourth-order valence-electron chi connectivity index (χ4n) is 4.68. The molecule has 0 saturated heterocycles. The Morgan fingerprint density at radius 1 is 0.912 bits per heavy atom. The van der Waals surface area contributed by atoms with Crippen molar-refractivity contribution in [1.29, 1.82) is 0 Å². The van der Waals surface area contributed by atoms with E-state index >= 15 is 0 Å². The zero-order chi connectivity index (χ0) is 25.7. The van der Waals surface area contributed by atoms with Gasteiger partial charge >= 0.3 is 0 Å². The summed E-state index contributed by atoms with van der Waals surface area (Å²) in [6, 6.07) is 9.68. The van der Waals surface area contributed by atoms with Crippen LogP contribution in [0.1, 0.15) is 110 Å². The van der Waals surface area contributed by atoms with Crippen molar-refractivity contribution in [2.24, 2.45) is 0 Å². The average Bonchev–Trinajstić information content (AvgIpc) is 2.73. The van der Waals surface area contributed by atoms with Crippen LogP contribution in [-0.2, 0) is 22.5 Å². The molecule has 0 aliphatic carbocycles. The van der Waals surface area contributed by atoms with Crippen LogP contribution < -0.4 is 10.6 Å². The molecular formula is C30H47FNOP. The highest BCUT2D eigenvalue weighted by Gasteiger charge is 2.37. The van der Waals surface area contributed by atoms with Crippen LogP contribution in [0.25, 0.3) is 0 Å². The fourth-order valence-corrected chi connectivity index (χ4v) is 6.49. The van der Waals surface area contributed by atoms with E-state index in [-0.39, 0.29) is 21.8 Å². The number of phenolic OH excluding ortho intramolecular Hbond substituents is 1. The normalized spacial score (nSPS) is 14.6. The molecule has 0 amide bonds. The van der Waals surface area contributed by atoms with Gasteiger partial charge in [-0.1, -0.05) is 101 Å². The number of halogens is 1. The zero-order valence-electron chi connectivity index (χ0n) is 23.0. The molecule has 0 saturated carbocycles. The Labute approximate surface area is 209 Å². The van der Waals surface area contributed by atoms with E-state index in [1.165, 1.54) is 17.3 Å². The van der Waals surface area contributed by atoms with E-state index in [1.807, 2.05) is 13.1 Å². The summed E-state index contributed by atoms with van der Waals surface area (Å²) in [6.07, 6.45) is 5.38. The smallest absolute Gasteiger partial charge is 0.123 e. The first-order valence-corrected chi connectivity index (χ1v) is 13.9. The van der Waals surface area contributed by atoms with Crippen molar-refractivity contribution in [2.75, 3.05) is 7.05 Å². The molecule has 2 aromatic rings. The van der Waals surface area contributed by atoms with E-state index in [4.69, 9.17) is 0 Å². The minimum Gasteiger partial charge on any atom is -0.507 e. The summed E-state index contributed by atoms with van der Waals surface area (Å²) >= 11 is 0. The summed E-state index contributed by atoms with van der Waals surface area (Å²) in [5, 5.41) is 16.0. The molecule has 0 aliphatic rings. The molecule has 0 aromatic heterocycles. The highest BCUT2D eigenvalue weighted by atomic mass is 31.1. The molecule has 2 N–H and O–H groups in total. The highest BCUT2D eigenvalue weighted by Crippen LogP contribution is 2.54. The van der Waals surface area contributed by atoms with Gasteiger partial charge in [-0.25, -0.2) is 4.39 Å². The van der Waals surface area contributed by atoms with Crippen molar-refractivity contribution >= 4 is 13.9 Å². The fraction of sp³-hybridized carbons (Fsp3) is 0.600. The molecule has 0 radical (unpaired) electrons. The lowest BCUT2D eigenvalue weighted by molar-refractivity contribution is 0.415. The van der Waals surface area contributed by atoms with Crippen LogP contribution in [-0.4, -0.2) is 12.2 Å². The molecule has 0 spiro atoms. The SMILES string of the molecule is CCCCCC(CC)(Pc1ccc(F)cc1CNC)c1cc(C(C)(C)C)cc(C(C)(C)C)c1O. The van der Waals surface area contributed by atoms with Crippen molar-refractivity contribution in [3.63, 3.8) is 0 Å². The minimum atomic E-state index is -0.195. The Hall–Kier alpha value is -1.44. The van der Waals surface area contributed by atoms with Gasteiger partial charge in [0.1, 0.15) is 11.6 Å². The number of nitrogens with one attached hydrogen (secondary N) is 1. The molecule has 0 bridgehead atoms. The summed E-state index contributed by atoms with van der Waals surface area (Å²) in [5.74, 6) is 0.253. The Morgan fingerprint density at radius 3 is 2.09 bits per heavy atom. The number of hydrogen-bond acceptors (Lipinski definition) is 2. The second kappa shape index (κ2) is 11.5. The van der Waals surface area contributed by atoms with Gasteiger partial charge in [0.25, 0.3) is 0 Å². The quantitative estimate of drug-likeness (QED) is 0.263. The average molecular weight is 488 g/mol. The number of rotatable bonds is 10. The summed E-state index contributed by atoms with van der Waals surface area (Å²) < 4.78 is 14.1. The number of benzene rings is 2. The van der Waals surface area contributed by atoms with Gasteiger partial charge in [-0.05, 0) is 64.8 Å². The number of hydrogen-bond donors (Lipinski definition) is 2. The zero-order valence-corrected chi connectivity index (χ0v) is 24.0. The minimum absolute atomic E-state index is 0.0262. The van der Waals surface area contributed by atoms with E-state index in [1.54, 1.807) is 12.1 Å². The summed E-state index contributed by atoms with van der Waals surface area (Å²) in [5.41, 5.74) is 4.17. The van der Waals surface area contributed by atoms with Crippen LogP contribution in [0.4, 0.5) is 4.39 Å². The van der Waals surface area contributed by atoms with Crippen molar-refractivity contribution in [3.05, 3.63) is 58.4 Å². The Bertz CT molecular complexity index is 957. The Morgan fingerprint density at radius 2 is 1.56 bits per heavy atom. The molecule has 34 heavy (non-hydrogen) atoms. The van der Waals surface area contributed by atoms with Gasteiger partial charge in [0, 0.05) is 17.3 Å². The van der Waals surface area contributed by atoms with E-state index in [0.717, 1.165) is 42.4 Å². The van der Waals surface area contributed by atoms with Crippen molar-refractivity contribution < 1.29 is 9.50 Å². The maximum absolute atomic E-state index is 14.1. The van der Waals surface area contributed by atoms with Gasteiger partial charge in [0.2, 0.25) is 0 Å². The van der Waals surface area contributed by atoms with Crippen molar-refractivity contribution in [2.45, 2.75) is 110 Å². The topological polar surface area (TPSA) is 32.3 Å². The molecule has 190 valence electrons. The third-order valence-electron chi connectivity index (χ3n) is 6.92. The monoisotopic (exact) mass is 487 g/mol. The lowest BCUT2D eigenvalue weighted by Crippen LogP contribution is -2.27. The highest BCUT2D eigenvalue weighted by molar-refractivity contribution is 7.48. The largest absolute Gasteiger partial charge is 0.507 e. The summed E-state index contributed by atoms with van der Waals surface area (Å²) in [7, 11) is 2.35. The third kappa shape index (κ3) is 6.82. The summed E-state index contributed by atoms with van der Waals surface area (Å²) in [4.78, 5) is 0. The Kier molecular flexibility index (Phi) is 9.76. The van der Waals surface area contributed by atoms with Crippen LogP contribution in [0.5, 0.6) is 5.75 Å². The second-order valence-corrected chi connectivity index (χ2v) is 13.5. The van der Waals surface area contributed by atoms with Gasteiger partial charge < -0.3 is 10.4 Å². The van der Waals surface area contributed by atoms with Gasteiger partial charge in [-0.3, -0.25) is 0 Å². The van der Waals surface area contributed by atoms with Gasteiger partial charge in [-0.15, -0.1) is 0 Å². The van der Waals surface area contributed by atoms with Crippen molar-refractivity contribution in [3.8, 4) is 5.75 Å². The third-order valence-corrected chi connectivity index (χ3v) is 9.03. The molecule has 0 aliphatic heterocycles. The first kappa shape index (κ1) is 28.8. The predicted octanol–water partition coefficient (Wildman–Crippen LogP) is 8.04. The van der Waals surface area contributed by atoms with E-state index < -0.39 is 0 Å². The summed E-state index contributed by atoms with van der Waals surface area (Å²) in [6.45, 7) is 18.4. The first-order chi connectivity index (χ1) is 15.8. The van der Waals surface area contributed by atoms with Gasteiger partial charge in [0.05, 0.1) is 0 Å². The number of phenols is 1. The molecule has 4 heteroatoms. The maximum atomic E-state index is 14.1. The van der Waals surface area contributed by atoms with Crippen LogP contribution in [0.3, 0.4) is 0 Å². The second-order valence-electron chi connectivity index (χ2n) is 11.8. The van der Waals surface area contributed by atoms with E-state index in [0.29, 0.717) is 20.9 Å². The molecule has 2 atom stereocenters. The van der Waals surface area contributed by atoms with E-state index in [2.05, 4.69) is 72.8 Å². The lowest BCUT2D eigenvalue weighted by atomic mass is 9.76. The van der Waals surface area contributed by atoms with Crippen LogP contribution in [0.15, 0.2) is 30.3 Å². The molecule has 2 unspecified atom stereocenters. The molecule has 2 aromatic carbocycles. The van der Waals surface area contributed by atoms with Crippen LogP contribution in [0, 0.1) is 5.82 Å². The van der Waals surface area contributed by atoms with Gasteiger partial charge in [0.15, 0.2) is 0 Å². The lowest BCUT2D eigenvalue weighted by Gasteiger charge is -2.38. The maximum Gasteiger partial charge on any atom is 0.123 e. The first-order valence-electron chi connectivity index (χ1n) is 12.9.